The minimum absolute atomic E-state index is 0.336. The Bertz CT molecular complexity index is 425. The quantitative estimate of drug-likeness (QED) is 0.105. The van der Waals surface area contributed by atoms with Crippen molar-refractivity contribution in [2.45, 2.75) is 161 Å². The Labute approximate surface area is 201 Å². The second kappa shape index (κ2) is 28.0. The van der Waals surface area contributed by atoms with Gasteiger partial charge in [0.1, 0.15) is 0 Å². The molecule has 0 aliphatic heterocycles. The van der Waals surface area contributed by atoms with Crippen LogP contribution in [0.2, 0.25) is 0 Å². The van der Waals surface area contributed by atoms with E-state index in [0.29, 0.717) is 6.42 Å². The Kier molecular flexibility index (Phi) is 27.1. The number of allylic oxidation sites excluding steroid dienone is 4. The van der Waals surface area contributed by atoms with Gasteiger partial charge in [-0.1, -0.05) is 140 Å². The molecule has 0 aliphatic carbocycles. The molecule has 0 bridgehead atoms. The van der Waals surface area contributed by atoms with E-state index in [4.69, 9.17) is 5.11 Å². The third-order valence-electron chi connectivity index (χ3n) is 6.34. The van der Waals surface area contributed by atoms with Crippen LogP contribution in [0.5, 0.6) is 0 Å². The highest BCUT2D eigenvalue weighted by Crippen LogP contribution is 2.13. The van der Waals surface area contributed by atoms with E-state index in [0.717, 1.165) is 19.3 Å². The van der Waals surface area contributed by atoms with Crippen LogP contribution in [0.1, 0.15) is 161 Å². The van der Waals surface area contributed by atoms with Crippen LogP contribution in [0.15, 0.2) is 24.3 Å². The number of hydrogen-bond acceptors (Lipinski definition) is 1. The summed E-state index contributed by atoms with van der Waals surface area (Å²) in [5, 5.41) is 8.60. The summed E-state index contributed by atoms with van der Waals surface area (Å²) in [5.74, 6) is -0.658. The molecule has 0 saturated heterocycles. The molecule has 0 aromatic carbocycles. The molecule has 0 heterocycles. The van der Waals surface area contributed by atoms with E-state index < -0.39 is 5.97 Å². The van der Waals surface area contributed by atoms with E-state index in [1.807, 2.05) is 0 Å². The molecule has 0 aromatic rings. The first-order chi connectivity index (χ1) is 15.8. The fourth-order valence-corrected chi connectivity index (χ4v) is 4.21. The van der Waals surface area contributed by atoms with Gasteiger partial charge in [-0.3, -0.25) is 4.79 Å². The molecule has 0 radical (unpaired) electrons. The third-order valence-corrected chi connectivity index (χ3v) is 6.34. The Morgan fingerprint density at radius 3 is 1.22 bits per heavy atom. The van der Waals surface area contributed by atoms with Crippen LogP contribution in [-0.4, -0.2) is 11.1 Å². The molecule has 0 unspecified atom stereocenters. The van der Waals surface area contributed by atoms with Crippen LogP contribution in [0.3, 0.4) is 0 Å². The Balaban J connectivity index is 3.16. The smallest absolute Gasteiger partial charge is 0.303 e. The normalized spacial score (nSPS) is 11.8. The molecular weight excluding hydrogens is 392 g/mol. The zero-order valence-electron chi connectivity index (χ0n) is 21.6. The lowest BCUT2D eigenvalue weighted by atomic mass is 10.1. The van der Waals surface area contributed by atoms with Crippen molar-refractivity contribution in [3.63, 3.8) is 0 Å². The Hall–Kier alpha value is -1.05. The minimum atomic E-state index is -0.658. The number of carboxylic acids is 1. The maximum Gasteiger partial charge on any atom is 0.303 e. The van der Waals surface area contributed by atoms with Crippen LogP contribution < -0.4 is 0 Å². The van der Waals surface area contributed by atoms with Gasteiger partial charge in [-0.05, 0) is 38.5 Å². The molecule has 1 N–H and O–H groups in total. The van der Waals surface area contributed by atoms with Crippen molar-refractivity contribution >= 4 is 5.97 Å². The predicted molar refractivity (Wildman–Crippen MR) is 142 cm³/mol. The minimum Gasteiger partial charge on any atom is -0.481 e. The average molecular weight is 449 g/mol. The number of carboxylic acid groups (broad SMARTS) is 1. The number of rotatable bonds is 26. The predicted octanol–water partition coefficient (Wildman–Crippen LogP) is 10.6. The van der Waals surface area contributed by atoms with Gasteiger partial charge in [0.15, 0.2) is 0 Å². The molecule has 0 aliphatic rings. The average Bonchev–Trinajstić information content (AvgIpc) is 2.78. The van der Waals surface area contributed by atoms with Gasteiger partial charge >= 0.3 is 5.97 Å². The SMILES string of the molecule is CCCCCCCCCCCCCC=CCC=CCCCCCCCCCCCC(=O)O. The second-order valence-electron chi connectivity index (χ2n) is 9.62. The van der Waals surface area contributed by atoms with Crippen molar-refractivity contribution in [2.24, 2.45) is 0 Å². The van der Waals surface area contributed by atoms with Crippen molar-refractivity contribution in [1.29, 1.82) is 0 Å². The molecule has 0 amide bonds. The summed E-state index contributed by atoms with van der Waals surface area (Å²) < 4.78 is 0. The summed E-state index contributed by atoms with van der Waals surface area (Å²) >= 11 is 0. The van der Waals surface area contributed by atoms with Gasteiger partial charge in [0, 0.05) is 6.42 Å². The number of unbranched alkanes of at least 4 members (excludes halogenated alkanes) is 20. The first-order valence-corrected chi connectivity index (χ1v) is 14.3. The molecule has 0 atom stereocenters. The Morgan fingerprint density at radius 1 is 0.500 bits per heavy atom. The molecule has 0 aromatic heterocycles. The number of hydrogen-bond donors (Lipinski definition) is 1. The highest BCUT2D eigenvalue weighted by molar-refractivity contribution is 5.66. The van der Waals surface area contributed by atoms with E-state index in [1.165, 1.54) is 128 Å². The van der Waals surface area contributed by atoms with Crippen LogP contribution in [0.4, 0.5) is 0 Å². The summed E-state index contributed by atoms with van der Waals surface area (Å²) in [4.78, 5) is 10.4. The molecular formula is C30H56O2. The summed E-state index contributed by atoms with van der Waals surface area (Å²) in [6, 6.07) is 0. The standard InChI is InChI=1S/C30H56O2/c1-2-3-4-5-6-7-8-9-10-11-12-13-14-15-16-17-18-19-20-21-22-23-24-25-26-27-28-29-30(31)32/h14-15,17-18H,2-13,16,19-29H2,1H3,(H,31,32). The van der Waals surface area contributed by atoms with Gasteiger partial charge in [-0.2, -0.15) is 0 Å². The largest absolute Gasteiger partial charge is 0.481 e. The lowest BCUT2D eigenvalue weighted by Crippen LogP contribution is -1.93. The van der Waals surface area contributed by atoms with Gasteiger partial charge in [0.25, 0.3) is 0 Å². The van der Waals surface area contributed by atoms with Crippen molar-refractivity contribution in [2.75, 3.05) is 0 Å². The van der Waals surface area contributed by atoms with Crippen LogP contribution in [0.25, 0.3) is 0 Å². The third kappa shape index (κ3) is 28.9. The van der Waals surface area contributed by atoms with Crippen molar-refractivity contribution in [3.8, 4) is 0 Å². The van der Waals surface area contributed by atoms with Gasteiger partial charge < -0.3 is 5.11 Å². The summed E-state index contributed by atoms with van der Waals surface area (Å²) in [6.07, 6.45) is 40.0. The molecule has 2 nitrogen and oxygen atoms in total. The molecule has 0 spiro atoms. The maximum atomic E-state index is 10.4. The maximum absolute atomic E-state index is 10.4. The summed E-state index contributed by atoms with van der Waals surface area (Å²) in [6.45, 7) is 2.29. The van der Waals surface area contributed by atoms with Crippen LogP contribution in [-0.2, 0) is 4.79 Å². The Morgan fingerprint density at radius 2 is 0.844 bits per heavy atom. The van der Waals surface area contributed by atoms with E-state index in [2.05, 4.69) is 31.2 Å². The van der Waals surface area contributed by atoms with E-state index in [-0.39, 0.29) is 0 Å². The van der Waals surface area contributed by atoms with Gasteiger partial charge in [0.2, 0.25) is 0 Å². The fraction of sp³-hybridized carbons (Fsp3) is 0.833. The number of aliphatic carboxylic acids is 1. The lowest BCUT2D eigenvalue weighted by molar-refractivity contribution is -0.137. The highest BCUT2D eigenvalue weighted by atomic mass is 16.4. The van der Waals surface area contributed by atoms with Crippen molar-refractivity contribution in [3.05, 3.63) is 24.3 Å². The van der Waals surface area contributed by atoms with Gasteiger partial charge in [0.05, 0.1) is 0 Å². The monoisotopic (exact) mass is 448 g/mol. The first-order valence-electron chi connectivity index (χ1n) is 14.3. The van der Waals surface area contributed by atoms with Crippen molar-refractivity contribution < 1.29 is 9.90 Å². The van der Waals surface area contributed by atoms with Gasteiger partial charge in [-0.15, -0.1) is 0 Å². The summed E-state index contributed by atoms with van der Waals surface area (Å²) in [5.41, 5.74) is 0. The highest BCUT2D eigenvalue weighted by Gasteiger charge is 1.96. The first kappa shape index (κ1) is 30.9. The van der Waals surface area contributed by atoms with Crippen molar-refractivity contribution in [1.82, 2.24) is 0 Å². The topological polar surface area (TPSA) is 37.3 Å². The van der Waals surface area contributed by atoms with E-state index in [1.54, 1.807) is 0 Å². The molecule has 0 saturated carbocycles. The van der Waals surface area contributed by atoms with Crippen LogP contribution >= 0.6 is 0 Å². The fourth-order valence-electron chi connectivity index (χ4n) is 4.21. The second-order valence-corrected chi connectivity index (χ2v) is 9.62. The zero-order chi connectivity index (χ0) is 23.4. The molecule has 32 heavy (non-hydrogen) atoms. The lowest BCUT2D eigenvalue weighted by Gasteiger charge is -2.01. The summed E-state index contributed by atoms with van der Waals surface area (Å²) in [7, 11) is 0. The van der Waals surface area contributed by atoms with E-state index in [9.17, 15) is 4.79 Å². The van der Waals surface area contributed by atoms with Crippen LogP contribution in [0, 0.1) is 0 Å². The number of carbonyl (C=O) groups is 1. The van der Waals surface area contributed by atoms with Gasteiger partial charge in [-0.25, -0.2) is 0 Å². The molecule has 0 fully saturated rings. The zero-order valence-corrected chi connectivity index (χ0v) is 21.6. The molecule has 188 valence electrons. The van der Waals surface area contributed by atoms with E-state index >= 15 is 0 Å². The molecule has 2 heteroatoms. The molecule has 0 rings (SSSR count).